The molecule has 2 rings (SSSR count). The lowest BCUT2D eigenvalue weighted by atomic mass is 10.1. The minimum absolute atomic E-state index is 0.317. The SMILES string of the molecule is Nc1cc(F)cc(S(=O)CCCC2CCCO2)c1. The summed E-state index contributed by atoms with van der Waals surface area (Å²) in [6.45, 7) is 0.841. The fourth-order valence-electron chi connectivity index (χ4n) is 2.15. The number of nitrogens with two attached hydrogens (primary N) is 1. The van der Waals surface area contributed by atoms with Gasteiger partial charge in [-0.05, 0) is 43.9 Å². The Balaban J connectivity index is 1.83. The van der Waals surface area contributed by atoms with Crippen molar-refractivity contribution in [3.8, 4) is 0 Å². The molecule has 0 bridgehead atoms. The van der Waals surface area contributed by atoms with Crippen LogP contribution in [0.5, 0.6) is 0 Å². The summed E-state index contributed by atoms with van der Waals surface area (Å²) in [5.41, 5.74) is 5.85. The van der Waals surface area contributed by atoms with Crippen molar-refractivity contribution in [1.29, 1.82) is 0 Å². The summed E-state index contributed by atoms with van der Waals surface area (Å²) in [5.74, 6) is 0.0976. The van der Waals surface area contributed by atoms with E-state index in [9.17, 15) is 8.60 Å². The zero-order chi connectivity index (χ0) is 13.0. The monoisotopic (exact) mass is 271 g/mol. The highest BCUT2D eigenvalue weighted by molar-refractivity contribution is 7.85. The molecule has 0 radical (unpaired) electrons. The molecule has 5 heteroatoms. The number of nitrogen functional groups attached to an aromatic ring is 1. The van der Waals surface area contributed by atoms with Gasteiger partial charge in [0.05, 0.1) is 16.9 Å². The number of rotatable bonds is 5. The first-order chi connectivity index (χ1) is 8.65. The van der Waals surface area contributed by atoms with Crippen LogP contribution in [-0.4, -0.2) is 22.7 Å². The Morgan fingerprint density at radius 3 is 2.94 bits per heavy atom. The lowest BCUT2D eigenvalue weighted by Gasteiger charge is -2.08. The molecule has 2 atom stereocenters. The normalized spacial score (nSPS) is 21.1. The first kappa shape index (κ1) is 13.5. The van der Waals surface area contributed by atoms with Gasteiger partial charge in [-0.2, -0.15) is 0 Å². The van der Waals surface area contributed by atoms with Crippen LogP contribution in [-0.2, 0) is 15.5 Å². The Labute approximate surface area is 109 Å². The van der Waals surface area contributed by atoms with E-state index in [4.69, 9.17) is 10.5 Å². The van der Waals surface area contributed by atoms with Gasteiger partial charge in [-0.1, -0.05) is 0 Å². The molecule has 0 spiro atoms. The van der Waals surface area contributed by atoms with E-state index in [-0.39, 0.29) is 0 Å². The molecular formula is C13H18FNO2S. The highest BCUT2D eigenvalue weighted by atomic mass is 32.2. The third-order valence-electron chi connectivity index (χ3n) is 3.04. The van der Waals surface area contributed by atoms with Crippen LogP contribution >= 0.6 is 0 Å². The van der Waals surface area contributed by atoms with Crippen LogP contribution in [0.15, 0.2) is 23.1 Å². The van der Waals surface area contributed by atoms with Crippen LogP contribution in [0.2, 0.25) is 0 Å². The molecular weight excluding hydrogens is 253 g/mol. The first-order valence-electron chi connectivity index (χ1n) is 6.21. The predicted octanol–water partition coefficient (Wildman–Crippen LogP) is 2.47. The summed E-state index contributed by atoms with van der Waals surface area (Å²) in [6.07, 6.45) is 4.29. The molecule has 2 unspecified atom stereocenters. The second-order valence-corrected chi connectivity index (χ2v) is 6.12. The molecule has 0 amide bonds. The highest BCUT2D eigenvalue weighted by Crippen LogP contribution is 2.19. The van der Waals surface area contributed by atoms with E-state index in [1.807, 2.05) is 0 Å². The third-order valence-corrected chi connectivity index (χ3v) is 4.46. The average molecular weight is 271 g/mol. The largest absolute Gasteiger partial charge is 0.399 e. The number of anilines is 1. The Bertz CT molecular complexity index is 413. The van der Waals surface area contributed by atoms with Gasteiger partial charge in [-0.25, -0.2) is 4.39 Å². The van der Waals surface area contributed by atoms with E-state index >= 15 is 0 Å². The van der Waals surface area contributed by atoms with Gasteiger partial charge in [0, 0.05) is 22.9 Å². The second kappa shape index (κ2) is 6.29. The number of hydrogen-bond acceptors (Lipinski definition) is 3. The molecule has 3 nitrogen and oxygen atoms in total. The molecule has 1 fully saturated rings. The summed E-state index contributed by atoms with van der Waals surface area (Å²) in [4.78, 5) is 0.472. The van der Waals surface area contributed by atoms with Crippen molar-refractivity contribution in [2.45, 2.75) is 36.7 Å². The zero-order valence-corrected chi connectivity index (χ0v) is 11.0. The summed E-state index contributed by atoms with van der Waals surface area (Å²) < 4.78 is 30.6. The molecule has 2 N–H and O–H groups in total. The van der Waals surface area contributed by atoms with Gasteiger partial charge < -0.3 is 10.5 Å². The van der Waals surface area contributed by atoms with E-state index < -0.39 is 16.6 Å². The molecule has 1 aromatic rings. The standard InChI is InChI=1S/C13H18FNO2S/c14-10-7-11(15)9-13(8-10)18(16)6-2-4-12-3-1-5-17-12/h7-9,12H,1-6,15H2. The smallest absolute Gasteiger partial charge is 0.126 e. The van der Waals surface area contributed by atoms with Gasteiger partial charge in [0.2, 0.25) is 0 Å². The average Bonchev–Trinajstić information content (AvgIpc) is 2.80. The Morgan fingerprint density at radius 2 is 2.28 bits per heavy atom. The van der Waals surface area contributed by atoms with Gasteiger partial charge in [-0.3, -0.25) is 4.21 Å². The summed E-state index contributed by atoms with van der Waals surface area (Å²) >= 11 is 0. The maximum Gasteiger partial charge on any atom is 0.126 e. The summed E-state index contributed by atoms with van der Waals surface area (Å²) in [5, 5.41) is 0. The van der Waals surface area contributed by atoms with Gasteiger partial charge in [0.1, 0.15) is 5.82 Å². The van der Waals surface area contributed by atoms with Gasteiger partial charge in [0.25, 0.3) is 0 Å². The Kier molecular flexibility index (Phi) is 4.72. The number of benzene rings is 1. The van der Waals surface area contributed by atoms with Crippen LogP contribution in [0.4, 0.5) is 10.1 Å². The lowest BCUT2D eigenvalue weighted by molar-refractivity contribution is 0.104. The second-order valence-electron chi connectivity index (χ2n) is 4.55. The van der Waals surface area contributed by atoms with Gasteiger partial charge >= 0.3 is 0 Å². The van der Waals surface area contributed by atoms with Crippen molar-refractivity contribution in [2.75, 3.05) is 18.1 Å². The summed E-state index contributed by atoms with van der Waals surface area (Å²) in [7, 11) is -1.18. The molecule has 0 aliphatic carbocycles. The maximum absolute atomic E-state index is 13.1. The predicted molar refractivity (Wildman–Crippen MR) is 70.3 cm³/mol. The van der Waals surface area contributed by atoms with Gasteiger partial charge in [0.15, 0.2) is 0 Å². The molecule has 18 heavy (non-hydrogen) atoms. The van der Waals surface area contributed by atoms with E-state index in [1.165, 1.54) is 12.1 Å². The number of halogens is 1. The molecule has 0 saturated carbocycles. The van der Waals surface area contributed by atoms with Crippen molar-refractivity contribution in [1.82, 2.24) is 0 Å². The first-order valence-corrected chi connectivity index (χ1v) is 7.53. The topological polar surface area (TPSA) is 52.3 Å². The Morgan fingerprint density at radius 1 is 1.44 bits per heavy atom. The number of hydrogen-bond donors (Lipinski definition) is 1. The fraction of sp³-hybridized carbons (Fsp3) is 0.538. The van der Waals surface area contributed by atoms with Crippen LogP contribution in [0.3, 0.4) is 0 Å². The van der Waals surface area contributed by atoms with Crippen molar-refractivity contribution in [3.05, 3.63) is 24.0 Å². The van der Waals surface area contributed by atoms with Crippen LogP contribution < -0.4 is 5.73 Å². The third kappa shape index (κ3) is 3.78. The highest BCUT2D eigenvalue weighted by Gasteiger charge is 2.15. The van der Waals surface area contributed by atoms with Crippen molar-refractivity contribution in [2.24, 2.45) is 0 Å². The Hall–Kier alpha value is -0.940. The fourth-order valence-corrected chi connectivity index (χ4v) is 3.32. The number of ether oxygens (including phenoxy) is 1. The van der Waals surface area contributed by atoms with Gasteiger partial charge in [-0.15, -0.1) is 0 Å². The molecule has 100 valence electrons. The van der Waals surface area contributed by atoms with Crippen LogP contribution in [0.25, 0.3) is 0 Å². The van der Waals surface area contributed by atoms with Crippen LogP contribution in [0, 0.1) is 5.82 Å². The maximum atomic E-state index is 13.1. The molecule has 1 aliphatic rings. The summed E-state index contributed by atoms with van der Waals surface area (Å²) in [6, 6.07) is 4.09. The molecule has 1 aromatic carbocycles. The molecule has 1 saturated heterocycles. The minimum atomic E-state index is -1.18. The van der Waals surface area contributed by atoms with E-state index in [0.29, 0.717) is 22.4 Å². The quantitative estimate of drug-likeness (QED) is 0.837. The van der Waals surface area contributed by atoms with E-state index in [0.717, 1.165) is 32.3 Å². The minimum Gasteiger partial charge on any atom is -0.399 e. The molecule has 1 aliphatic heterocycles. The van der Waals surface area contributed by atoms with Crippen LogP contribution in [0.1, 0.15) is 25.7 Å². The lowest BCUT2D eigenvalue weighted by Crippen LogP contribution is -2.07. The van der Waals surface area contributed by atoms with Crippen molar-refractivity contribution in [3.63, 3.8) is 0 Å². The zero-order valence-electron chi connectivity index (χ0n) is 10.2. The molecule has 0 aromatic heterocycles. The van der Waals surface area contributed by atoms with Crippen molar-refractivity contribution >= 4 is 16.5 Å². The van der Waals surface area contributed by atoms with Crippen molar-refractivity contribution < 1.29 is 13.3 Å². The van der Waals surface area contributed by atoms with E-state index in [2.05, 4.69) is 0 Å². The van der Waals surface area contributed by atoms with E-state index in [1.54, 1.807) is 6.07 Å². The molecule has 1 heterocycles.